The zero-order valence-electron chi connectivity index (χ0n) is 8.23. The summed E-state index contributed by atoms with van der Waals surface area (Å²) in [5, 5.41) is 0. The normalized spacial score (nSPS) is 11.3. The molecule has 0 saturated heterocycles. The van der Waals surface area contributed by atoms with Gasteiger partial charge in [-0.05, 0) is 18.2 Å². The van der Waals surface area contributed by atoms with Gasteiger partial charge >= 0.3 is 0 Å². The molecule has 0 spiro atoms. The minimum atomic E-state index is 0.728. The van der Waals surface area contributed by atoms with Gasteiger partial charge in [0.05, 0.1) is 17.4 Å². The number of H-pyrrole nitrogens is 1. The summed E-state index contributed by atoms with van der Waals surface area (Å²) in [4.78, 5) is 13.5. The molecule has 1 N–H and O–H groups in total. The maximum atomic E-state index is 4.35. The molecule has 0 aromatic carbocycles. The van der Waals surface area contributed by atoms with Gasteiger partial charge in [0.15, 0.2) is 5.82 Å². The van der Waals surface area contributed by atoms with Crippen LogP contribution in [0.3, 0.4) is 0 Å². The van der Waals surface area contributed by atoms with Crippen molar-refractivity contribution in [2.24, 2.45) is 4.99 Å². The summed E-state index contributed by atoms with van der Waals surface area (Å²) in [7, 11) is 3.86. The smallest absolute Gasteiger partial charge is 0.154 e. The molecule has 0 amide bonds. The van der Waals surface area contributed by atoms with E-state index in [4.69, 9.17) is 0 Å². The summed E-state index contributed by atoms with van der Waals surface area (Å²) in [5.74, 6) is 0.728. The third-order valence-corrected chi connectivity index (χ3v) is 1.81. The lowest BCUT2D eigenvalue weighted by atomic mass is 10.4. The Kier molecular flexibility index (Phi) is 2.18. The second-order valence-corrected chi connectivity index (χ2v) is 3.29. The van der Waals surface area contributed by atoms with Gasteiger partial charge in [-0.25, -0.2) is 9.98 Å². The van der Waals surface area contributed by atoms with E-state index in [2.05, 4.69) is 15.0 Å². The van der Waals surface area contributed by atoms with Crippen molar-refractivity contribution < 1.29 is 0 Å². The van der Waals surface area contributed by atoms with Gasteiger partial charge in [-0.1, -0.05) is 0 Å². The number of nitrogens with one attached hydrogen (secondary N) is 1. The van der Waals surface area contributed by atoms with Crippen LogP contribution in [-0.4, -0.2) is 35.3 Å². The molecular weight excluding hydrogens is 176 g/mol. The van der Waals surface area contributed by atoms with Gasteiger partial charge in [0.1, 0.15) is 0 Å². The van der Waals surface area contributed by atoms with Crippen LogP contribution in [-0.2, 0) is 0 Å². The highest BCUT2D eigenvalue weighted by Crippen LogP contribution is 2.14. The molecule has 2 rings (SSSR count). The Labute approximate surface area is 82.3 Å². The number of hydrogen-bond donors (Lipinski definition) is 1. The van der Waals surface area contributed by atoms with Crippen LogP contribution in [0, 0.1) is 0 Å². The minimum Gasteiger partial charge on any atom is -0.369 e. The van der Waals surface area contributed by atoms with E-state index in [1.54, 1.807) is 6.34 Å². The van der Waals surface area contributed by atoms with Gasteiger partial charge in [0.2, 0.25) is 0 Å². The lowest BCUT2D eigenvalue weighted by Crippen LogP contribution is -2.07. The molecule has 0 bridgehead atoms. The van der Waals surface area contributed by atoms with E-state index in [0.29, 0.717) is 0 Å². The monoisotopic (exact) mass is 188 g/mol. The van der Waals surface area contributed by atoms with Crippen LogP contribution in [0.5, 0.6) is 0 Å². The number of aliphatic imine (C=N–C) groups is 1. The number of hydrogen-bond acceptors (Lipinski definition) is 2. The third-order valence-electron chi connectivity index (χ3n) is 1.81. The van der Waals surface area contributed by atoms with Crippen LogP contribution >= 0.6 is 0 Å². The fraction of sp³-hybridized carbons (Fsp3) is 0.200. The van der Waals surface area contributed by atoms with E-state index < -0.39 is 0 Å². The predicted octanol–water partition coefficient (Wildman–Crippen LogP) is 1.78. The molecule has 14 heavy (non-hydrogen) atoms. The molecule has 0 atom stereocenters. The van der Waals surface area contributed by atoms with E-state index in [1.165, 1.54) is 0 Å². The third kappa shape index (κ3) is 1.74. The second-order valence-electron chi connectivity index (χ2n) is 3.29. The lowest BCUT2D eigenvalue weighted by Gasteiger charge is -2.01. The topological polar surface area (TPSA) is 44.3 Å². The zero-order chi connectivity index (χ0) is 9.97. The molecule has 72 valence electrons. The average molecular weight is 188 g/mol. The van der Waals surface area contributed by atoms with Crippen molar-refractivity contribution in [3.63, 3.8) is 0 Å². The summed E-state index contributed by atoms with van der Waals surface area (Å²) in [6.45, 7) is 0. The van der Waals surface area contributed by atoms with Gasteiger partial charge in [-0.3, -0.25) is 0 Å². The fourth-order valence-electron chi connectivity index (χ4n) is 1.17. The van der Waals surface area contributed by atoms with Crippen molar-refractivity contribution >= 4 is 23.2 Å². The van der Waals surface area contributed by atoms with E-state index >= 15 is 0 Å². The molecule has 2 aromatic rings. The van der Waals surface area contributed by atoms with E-state index in [0.717, 1.165) is 16.9 Å². The largest absolute Gasteiger partial charge is 0.369 e. The van der Waals surface area contributed by atoms with Gasteiger partial charge in [-0.15, -0.1) is 0 Å². The zero-order valence-corrected chi connectivity index (χ0v) is 8.23. The van der Waals surface area contributed by atoms with Crippen LogP contribution in [0.4, 0.5) is 5.82 Å². The molecule has 0 aliphatic heterocycles. The van der Waals surface area contributed by atoms with Gasteiger partial charge in [0.25, 0.3) is 0 Å². The second kappa shape index (κ2) is 3.49. The van der Waals surface area contributed by atoms with Gasteiger partial charge in [0, 0.05) is 20.3 Å². The van der Waals surface area contributed by atoms with Crippen molar-refractivity contribution in [1.82, 2.24) is 14.9 Å². The van der Waals surface area contributed by atoms with Crippen molar-refractivity contribution in [2.75, 3.05) is 14.1 Å². The first kappa shape index (κ1) is 8.74. The molecule has 0 unspecified atom stereocenters. The number of rotatable bonds is 2. The Hall–Kier alpha value is -1.84. The predicted molar refractivity (Wildman–Crippen MR) is 57.9 cm³/mol. The Balaban J connectivity index is 2.34. The van der Waals surface area contributed by atoms with E-state index in [1.807, 2.05) is 43.4 Å². The minimum absolute atomic E-state index is 0.728. The summed E-state index contributed by atoms with van der Waals surface area (Å²) in [5.41, 5.74) is 1.98. The SMILES string of the molecule is CN(C)C=Nc1ccc2[nH]ccc2n1. The number of nitrogens with zero attached hydrogens (tertiary/aromatic N) is 3. The van der Waals surface area contributed by atoms with Crippen molar-refractivity contribution in [2.45, 2.75) is 0 Å². The Morgan fingerprint density at radius 2 is 2.21 bits per heavy atom. The van der Waals surface area contributed by atoms with Gasteiger partial charge in [-0.2, -0.15) is 0 Å². The Morgan fingerprint density at radius 1 is 1.36 bits per heavy atom. The first-order valence-electron chi connectivity index (χ1n) is 4.40. The lowest BCUT2D eigenvalue weighted by molar-refractivity contribution is 0.643. The van der Waals surface area contributed by atoms with E-state index in [9.17, 15) is 0 Å². The molecular formula is C10H12N4. The first-order chi connectivity index (χ1) is 6.75. The number of fused-ring (bicyclic) bond motifs is 1. The summed E-state index contributed by atoms with van der Waals surface area (Å²) in [6, 6.07) is 5.80. The van der Waals surface area contributed by atoms with Gasteiger partial charge < -0.3 is 9.88 Å². The molecule has 0 saturated carbocycles. The summed E-state index contributed by atoms with van der Waals surface area (Å²) in [6.07, 6.45) is 3.61. The maximum Gasteiger partial charge on any atom is 0.154 e. The summed E-state index contributed by atoms with van der Waals surface area (Å²) < 4.78 is 0. The van der Waals surface area contributed by atoms with Crippen LogP contribution in [0.15, 0.2) is 29.4 Å². The molecule has 2 heterocycles. The van der Waals surface area contributed by atoms with E-state index in [-0.39, 0.29) is 0 Å². The maximum absolute atomic E-state index is 4.35. The fourth-order valence-corrected chi connectivity index (χ4v) is 1.17. The molecule has 4 heteroatoms. The highest BCUT2D eigenvalue weighted by Gasteiger charge is 1.96. The number of pyridine rings is 1. The first-order valence-corrected chi connectivity index (χ1v) is 4.40. The van der Waals surface area contributed by atoms with Crippen LogP contribution in [0.2, 0.25) is 0 Å². The molecule has 4 nitrogen and oxygen atoms in total. The molecule has 0 radical (unpaired) electrons. The van der Waals surface area contributed by atoms with Crippen molar-refractivity contribution in [3.8, 4) is 0 Å². The van der Waals surface area contributed by atoms with Crippen LogP contribution < -0.4 is 0 Å². The average Bonchev–Trinajstić information content (AvgIpc) is 2.61. The Bertz CT molecular complexity index is 456. The number of aromatic amines is 1. The summed E-state index contributed by atoms with van der Waals surface area (Å²) >= 11 is 0. The van der Waals surface area contributed by atoms with Crippen LogP contribution in [0.25, 0.3) is 11.0 Å². The molecule has 2 aromatic heterocycles. The molecule has 0 aliphatic carbocycles. The number of aromatic nitrogens is 2. The van der Waals surface area contributed by atoms with Crippen molar-refractivity contribution in [1.29, 1.82) is 0 Å². The quantitative estimate of drug-likeness (QED) is 0.576. The Morgan fingerprint density at radius 3 is 3.00 bits per heavy atom. The standard InChI is InChI=1S/C10H12N4/c1-14(2)7-12-10-4-3-8-9(13-10)5-6-11-8/h3-7,11H,1-2H3. The molecule has 0 fully saturated rings. The van der Waals surface area contributed by atoms with Crippen LogP contribution in [0.1, 0.15) is 0 Å². The highest BCUT2D eigenvalue weighted by molar-refractivity contribution is 5.76. The van der Waals surface area contributed by atoms with Crippen molar-refractivity contribution in [3.05, 3.63) is 24.4 Å². The molecule has 0 aliphatic rings. The highest BCUT2D eigenvalue weighted by atomic mass is 15.1.